The lowest BCUT2D eigenvalue weighted by molar-refractivity contribution is -1.01. The first-order chi connectivity index (χ1) is 11.6. The lowest BCUT2D eigenvalue weighted by atomic mass is 10.2. The lowest BCUT2D eigenvalue weighted by Gasteiger charge is -2.28. The van der Waals surface area contributed by atoms with Gasteiger partial charge in [-0.15, -0.1) is 11.3 Å². The Hall–Kier alpha value is -1.44. The van der Waals surface area contributed by atoms with Gasteiger partial charge in [0.05, 0.1) is 18.7 Å². The first-order valence-corrected chi connectivity index (χ1v) is 9.65. The highest BCUT2D eigenvalue weighted by Crippen LogP contribution is 2.29. The number of nitrogens with one attached hydrogen (secondary N) is 3. The van der Waals surface area contributed by atoms with E-state index in [-0.39, 0.29) is 11.9 Å². The number of ether oxygens (including phenoxy) is 1. The summed E-state index contributed by atoms with van der Waals surface area (Å²) in [5, 5.41) is 3.55. The molecule has 1 aliphatic heterocycles. The van der Waals surface area contributed by atoms with Gasteiger partial charge in [0.15, 0.2) is 6.54 Å². The van der Waals surface area contributed by atoms with E-state index in [9.17, 15) is 9.59 Å². The van der Waals surface area contributed by atoms with Crippen molar-refractivity contribution in [3.63, 3.8) is 0 Å². The van der Waals surface area contributed by atoms with E-state index in [0.29, 0.717) is 23.7 Å². The summed E-state index contributed by atoms with van der Waals surface area (Å²) < 4.78 is 5.09. The minimum atomic E-state index is -0.365. The third kappa shape index (κ3) is 5.03. The highest BCUT2D eigenvalue weighted by Gasteiger charge is 2.25. The van der Waals surface area contributed by atoms with Crippen LogP contribution in [0.5, 0.6) is 0 Å². The molecule has 2 rings (SSSR count). The predicted molar refractivity (Wildman–Crippen MR) is 95.1 cm³/mol. The molecule has 6 nitrogen and oxygen atoms in total. The highest BCUT2D eigenvalue weighted by molar-refractivity contribution is 7.16. The fourth-order valence-corrected chi connectivity index (χ4v) is 3.96. The van der Waals surface area contributed by atoms with Gasteiger partial charge >= 0.3 is 5.97 Å². The third-order valence-corrected chi connectivity index (χ3v) is 5.65. The maximum absolute atomic E-state index is 12.4. The molecule has 1 aromatic rings. The molecule has 134 valence electrons. The van der Waals surface area contributed by atoms with Crippen molar-refractivity contribution in [3.05, 3.63) is 16.5 Å². The largest absolute Gasteiger partial charge is 0.462 e. The van der Waals surface area contributed by atoms with Crippen LogP contribution < -0.4 is 15.1 Å². The molecular weight excluding hydrogens is 326 g/mol. The van der Waals surface area contributed by atoms with Crippen LogP contribution in [-0.4, -0.2) is 57.8 Å². The van der Waals surface area contributed by atoms with Gasteiger partial charge in [0, 0.05) is 4.88 Å². The van der Waals surface area contributed by atoms with Crippen molar-refractivity contribution >= 4 is 28.2 Å². The zero-order valence-corrected chi connectivity index (χ0v) is 15.7. The van der Waals surface area contributed by atoms with E-state index >= 15 is 0 Å². The van der Waals surface area contributed by atoms with Crippen LogP contribution >= 0.6 is 11.3 Å². The molecular formula is C17H29N3O3S+2. The predicted octanol–water partition coefficient (Wildman–Crippen LogP) is -0.771. The van der Waals surface area contributed by atoms with Gasteiger partial charge in [0.25, 0.3) is 5.91 Å². The van der Waals surface area contributed by atoms with Gasteiger partial charge in [-0.1, -0.05) is 6.92 Å². The topological polar surface area (TPSA) is 64.3 Å². The van der Waals surface area contributed by atoms with Gasteiger partial charge < -0.3 is 19.9 Å². The van der Waals surface area contributed by atoms with Crippen LogP contribution in [-0.2, 0) is 16.0 Å². The normalized spacial score (nSPS) is 20.6. The van der Waals surface area contributed by atoms with Crippen molar-refractivity contribution in [3.8, 4) is 0 Å². The summed E-state index contributed by atoms with van der Waals surface area (Å²) in [6.45, 7) is 12.2. The van der Waals surface area contributed by atoms with Crippen LogP contribution in [0.25, 0.3) is 0 Å². The van der Waals surface area contributed by atoms with Crippen molar-refractivity contribution in [2.24, 2.45) is 0 Å². The van der Waals surface area contributed by atoms with Crippen molar-refractivity contribution in [2.75, 3.05) is 51.2 Å². The maximum atomic E-state index is 12.4. The van der Waals surface area contributed by atoms with Crippen LogP contribution in [0.15, 0.2) is 6.07 Å². The number of hydrogen-bond donors (Lipinski definition) is 3. The molecule has 0 atom stereocenters. The van der Waals surface area contributed by atoms with Crippen LogP contribution in [0, 0.1) is 0 Å². The summed E-state index contributed by atoms with van der Waals surface area (Å²) in [7, 11) is 0. The van der Waals surface area contributed by atoms with Crippen molar-refractivity contribution in [1.82, 2.24) is 0 Å². The van der Waals surface area contributed by atoms with Crippen LogP contribution in [0.1, 0.15) is 36.0 Å². The van der Waals surface area contributed by atoms with Gasteiger partial charge in [0.1, 0.15) is 31.2 Å². The number of esters is 1. The van der Waals surface area contributed by atoms with Crippen LogP contribution in [0.2, 0.25) is 0 Å². The molecule has 0 bridgehead atoms. The zero-order valence-electron chi connectivity index (χ0n) is 14.9. The Morgan fingerprint density at radius 1 is 1.17 bits per heavy atom. The van der Waals surface area contributed by atoms with Crippen LogP contribution in [0.3, 0.4) is 0 Å². The van der Waals surface area contributed by atoms with Crippen molar-refractivity contribution in [1.29, 1.82) is 0 Å². The number of likely N-dealkylation sites (N-methyl/N-ethyl adjacent to an activating group) is 1. The Labute approximate surface area is 147 Å². The number of hydrogen-bond acceptors (Lipinski definition) is 4. The molecule has 0 aliphatic carbocycles. The monoisotopic (exact) mass is 355 g/mol. The van der Waals surface area contributed by atoms with Gasteiger partial charge in [0.2, 0.25) is 0 Å². The smallest absolute Gasteiger partial charge is 0.341 e. The maximum Gasteiger partial charge on any atom is 0.341 e. The summed E-state index contributed by atoms with van der Waals surface area (Å²) in [6, 6.07) is 1.83. The van der Waals surface area contributed by atoms with Gasteiger partial charge in [-0.05, 0) is 26.3 Å². The van der Waals surface area contributed by atoms with E-state index in [2.05, 4.69) is 12.2 Å². The number of aryl methyl sites for hydroxylation is 1. The average molecular weight is 356 g/mol. The number of carbonyl (C=O) groups excluding carboxylic acids is 2. The number of quaternary nitrogens is 2. The second-order valence-electron chi connectivity index (χ2n) is 6.11. The highest BCUT2D eigenvalue weighted by atomic mass is 32.1. The number of thiophene rings is 1. The average Bonchev–Trinajstić information content (AvgIpc) is 2.98. The standard InChI is InChI=1S/C17H27N3O3S/c1-4-13-11-14(17(22)23-6-3)16(24-13)18-15(21)12-20-9-7-19(5-2)8-10-20/h11H,4-10,12H2,1-3H3,(H,18,21)/p+2. The quantitative estimate of drug-likeness (QED) is 0.563. The summed E-state index contributed by atoms with van der Waals surface area (Å²) in [6.07, 6.45) is 0.833. The third-order valence-electron chi connectivity index (χ3n) is 4.45. The van der Waals surface area contributed by atoms with E-state index in [4.69, 9.17) is 4.74 Å². The van der Waals surface area contributed by atoms with Crippen LogP contribution in [0.4, 0.5) is 5.00 Å². The second-order valence-corrected chi connectivity index (χ2v) is 7.24. The SMILES string of the molecule is CCOC(=O)c1cc(CC)sc1NC(=O)C[NH+]1CC[NH+](CC)CC1. The molecule has 3 N–H and O–H groups in total. The molecule has 1 aromatic heterocycles. The van der Waals surface area contributed by atoms with Crippen molar-refractivity contribution in [2.45, 2.75) is 27.2 Å². The van der Waals surface area contributed by atoms with E-state index in [0.717, 1.165) is 44.0 Å². The Morgan fingerprint density at radius 3 is 2.42 bits per heavy atom. The number of amides is 1. The van der Waals surface area contributed by atoms with E-state index in [1.165, 1.54) is 16.2 Å². The molecule has 0 aromatic carbocycles. The molecule has 0 unspecified atom stereocenters. The minimum absolute atomic E-state index is 0.0278. The summed E-state index contributed by atoms with van der Waals surface area (Å²) >= 11 is 1.46. The Balaban J connectivity index is 1.96. The number of piperazine rings is 1. The van der Waals surface area contributed by atoms with E-state index in [1.54, 1.807) is 11.8 Å². The number of anilines is 1. The second kappa shape index (κ2) is 9.15. The number of carbonyl (C=O) groups is 2. The zero-order chi connectivity index (χ0) is 17.5. The molecule has 1 fully saturated rings. The van der Waals surface area contributed by atoms with Gasteiger partial charge in [-0.2, -0.15) is 0 Å². The first kappa shape index (κ1) is 18.9. The molecule has 0 radical (unpaired) electrons. The molecule has 24 heavy (non-hydrogen) atoms. The van der Waals surface area contributed by atoms with Gasteiger partial charge in [-0.3, -0.25) is 4.79 Å². The molecule has 1 aliphatic rings. The fraction of sp³-hybridized carbons (Fsp3) is 0.647. The van der Waals surface area contributed by atoms with E-state index < -0.39 is 0 Å². The molecule has 1 saturated heterocycles. The van der Waals surface area contributed by atoms with E-state index in [1.807, 2.05) is 13.0 Å². The molecule has 0 spiro atoms. The fourth-order valence-electron chi connectivity index (χ4n) is 2.95. The first-order valence-electron chi connectivity index (χ1n) is 8.84. The molecule has 7 heteroatoms. The molecule has 2 heterocycles. The Morgan fingerprint density at radius 2 is 1.83 bits per heavy atom. The molecule has 1 amide bonds. The summed E-state index contributed by atoms with van der Waals surface area (Å²) in [4.78, 5) is 28.4. The summed E-state index contributed by atoms with van der Waals surface area (Å²) in [5.41, 5.74) is 0.474. The molecule has 0 saturated carbocycles. The van der Waals surface area contributed by atoms with Crippen molar-refractivity contribution < 1.29 is 24.1 Å². The lowest BCUT2D eigenvalue weighted by Crippen LogP contribution is -3.28. The summed E-state index contributed by atoms with van der Waals surface area (Å²) in [5.74, 6) is -0.392. The number of rotatable bonds is 7. The Bertz CT molecular complexity index is 565. The minimum Gasteiger partial charge on any atom is -0.462 e. The Kier molecular flexibility index (Phi) is 7.20. The van der Waals surface area contributed by atoms with Gasteiger partial charge in [-0.25, -0.2) is 4.79 Å².